The molecule has 7 heteroatoms. The highest BCUT2D eigenvalue weighted by Crippen LogP contribution is 2.40. The highest BCUT2D eigenvalue weighted by molar-refractivity contribution is 6.46. The van der Waals surface area contributed by atoms with Crippen LogP contribution in [0, 0.1) is 6.92 Å². The van der Waals surface area contributed by atoms with E-state index in [1.807, 2.05) is 0 Å². The van der Waals surface area contributed by atoms with E-state index in [1.165, 1.54) is 19.1 Å². The highest BCUT2D eigenvalue weighted by atomic mass is 16.5. The summed E-state index contributed by atoms with van der Waals surface area (Å²) in [4.78, 5) is 26.7. The maximum absolute atomic E-state index is 12.7. The minimum atomic E-state index is -0.819. The number of methoxy groups -OCH3 is 2. The van der Waals surface area contributed by atoms with Gasteiger partial charge in [-0.25, -0.2) is 0 Å². The van der Waals surface area contributed by atoms with Crippen molar-refractivity contribution in [3.05, 3.63) is 59.1 Å². The Morgan fingerprint density at radius 3 is 2.63 bits per heavy atom. The Morgan fingerprint density at radius 1 is 1.22 bits per heavy atom. The van der Waals surface area contributed by atoms with Gasteiger partial charge in [0.1, 0.15) is 29.1 Å². The lowest BCUT2D eigenvalue weighted by Gasteiger charge is -2.22. The molecule has 2 heterocycles. The van der Waals surface area contributed by atoms with E-state index in [1.54, 1.807) is 43.3 Å². The topological polar surface area (TPSA) is 89.2 Å². The molecule has 1 aliphatic heterocycles. The van der Waals surface area contributed by atoms with Gasteiger partial charge in [-0.15, -0.1) is 0 Å². The molecule has 0 radical (unpaired) electrons. The van der Waals surface area contributed by atoms with Gasteiger partial charge < -0.3 is 23.9 Å². The van der Waals surface area contributed by atoms with E-state index in [2.05, 4.69) is 0 Å². The molecule has 1 aromatic heterocycles. The third kappa shape index (κ3) is 3.46. The van der Waals surface area contributed by atoms with E-state index in [0.717, 1.165) is 0 Å². The molecule has 3 rings (SSSR count). The fourth-order valence-corrected chi connectivity index (χ4v) is 3.12. The number of aliphatic hydroxyl groups is 1. The molecule has 1 atom stereocenters. The van der Waals surface area contributed by atoms with E-state index in [9.17, 15) is 14.7 Å². The molecule has 0 bridgehead atoms. The van der Waals surface area contributed by atoms with Crippen molar-refractivity contribution in [2.45, 2.75) is 13.0 Å². The number of hydrogen-bond donors (Lipinski definition) is 1. The maximum atomic E-state index is 12.7. The van der Waals surface area contributed by atoms with Gasteiger partial charge in [-0.2, -0.15) is 0 Å². The molecule has 1 saturated heterocycles. The molecule has 1 fully saturated rings. The molecule has 0 spiro atoms. The molecule has 0 aliphatic carbocycles. The number of furan rings is 1. The summed E-state index contributed by atoms with van der Waals surface area (Å²) in [6.45, 7) is 2.22. The normalized spacial score (nSPS) is 18.9. The largest absolute Gasteiger partial charge is 0.507 e. The first-order valence-corrected chi connectivity index (χ1v) is 8.46. The Labute approximate surface area is 156 Å². The van der Waals surface area contributed by atoms with Crippen LogP contribution < -0.4 is 4.74 Å². The summed E-state index contributed by atoms with van der Waals surface area (Å²) in [6, 6.07) is 9.29. The Hall–Kier alpha value is -3.06. The van der Waals surface area contributed by atoms with Gasteiger partial charge in [0.25, 0.3) is 11.7 Å². The third-order valence-corrected chi connectivity index (χ3v) is 4.45. The number of rotatable bonds is 6. The summed E-state index contributed by atoms with van der Waals surface area (Å²) in [5.74, 6) is -0.152. The fourth-order valence-electron chi connectivity index (χ4n) is 3.12. The molecule has 1 aromatic carbocycles. The van der Waals surface area contributed by atoms with Crippen LogP contribution in [0.1, 0.15) is 23.1 Å². The van der Waals surface area contributed by atoms with Gasteiger partial charge in [-0.1, -0.05) is 12.1 Å². The molecule has 27 heavy (non-hydrogen) atoms. The monoisotopic (exact) mass is 371 g/mol. The van der Waals surface area contributed by atoms with Crippen LogP contribution in [0.3, 0.4) is 0 Å². The smallest absolute Gasteiger partial charge is 0.295 e. The number of hydrogen-bond acceptors (Lipinski definition) is 6. The third-order valence-electron chi connectivity index (χ3n) is 4.45. The summed E-state index contributed by atoms with van der Waals surface area (Å²) in [7, 11) is 3.02. The molecule has 1 amide bonds. The van der Waals surface area contributed by atoms with Crippen LogP contribution in [0.2, 0.25) is 0 Å². The quantitative estimate of drug-likeness (QED) is 0.477. The van der Waals surface area contributed by atoms with Crippen molar-refractivity contribution in [1.29, 1.82) is 0 Å². The van der Waals surface area contributed by atoms with E-state index >= 15 is 0 Å². The number of carbonyl (C=O) groups excluding carboxylic acids is 2. The van der Waals surface area contributed by atoms with Gasteiger partial charge in [0, 0.05) is 19.2 Å². The number of benzene rings is 1. The van der Waals surface area contributed by atoms with Crippen molar-refractivity contribution < 1.29 is 28.6 Å². The minimum Gasteiger partial charge on any atom is -0.507 e. The lowest BCUT2D eigenvalue weighted by molar-refractivity contribution is -0.140. The molecule has 142 valence electrons. The number of aryl methyl sites for hydroxylation is 1. The van der Waals surface area contributed by atoms with Gasteiger partial charge in [-0.05, 0) is 31.2 Å². The second-order valence-electron chi connectivity index (χ2n) is 6.17. The van der Waals surface area contributed by atoms with Crippen molar-refractivity contribution in [2.75, 3.05) is 27.4 Å². The first-order chi connectivity index (χ1) is 13.0. The van der Waals surface area contributed by atoms with Crippen molar-refractivity contribution in [3.8, 4) is 5.75 Å². The van der Waals surface area contributed by atoms with Gasteiger partial charge >= 0.3 is 0 Å². The summed E-state index contributed by atoms with van der Waals surface area (Å²) >= 11 is 0. The van der Waals surface area contributed by atoms with Crippen LogP contribution in [0.15, 0.2) is 46.4 Å². The maximum Gasteiger partial charge on any atom is 0.295 e. The van der Waals surface area contributed by atoms with Crippen LogP contribution in [0.4, 0.5) is 0 Å². The Balaban J connectivity index is 2.14. The number of ketones is 1. The zero-order valence-electron chi connectivity index (χ0n) is 15.4. The lowest BCUT2D eigenvalue weighted by atomic mass is 9.99. The molecule has 0 saturated carbocycles. The average molecular weight is 371 g/mol. The van der Waals surface area contributed by atoms with Crippen LogP contribution in [0.25, 0.3) is 5.76 Å². The molecular weight excluding hydrogens is 350 g/mol. The first kappa shape index (κ1) is 18.7. The zero-order valence-corrected chi connectivity index (χ0v) is 15.4. The van der Waals surface area contributed by atoms with E-state index in [4.69, 9.17) is 13.9 Å². The standard InChI is InChI=1S/C20H21NO6/c1-12-7-8-15(27-12)17-16(19(23)20(24)21(17)9-10-25-2)18(22)13-5-4-6-14(11-13)26-3/h4-8,11,17,22H,9-10H2,1-3H3/t17-/m1/s1. The summed E-state index contributed by atoms with van der Waals surface area (Å²) in [5, 5.41) is 10.9. The van der Waals surface area contributed by atoms with E-state index in [0.29, 0.717) is 22.8 Å². The van der Waals surface area contributed by atoms with Crippen LogP contribution in [0.5, 0.6) is 5.75 Å². The Morgan fingerprint density at radius 2 is 2.00 bits per heavy atom. The van der Waals surface area contributed by atoms with Crippen molar-refractivity contribution in [2.24, 2.45) is 0 Å². The van der Waals surface area contributed by atoms with Gasteiger partial charge in [-0.3, -0.25) is 9.59 Å². The number of amides is 1. The molecule has 1 N–H and O–H groups in total. The van der Waals surface area contributed by atoms with Crippen molar-refractivity contribution in [3.63, 3.8) is 0 Å². The van der Waals surface area contributed by atoms with Crippen LogP contribution in [-0.2, 0) is 14.3 Å². The van der Waals surface area contributed by atoms with E-state index < -0.39 is 17.7 Å². The molecule has 7 nitrogen and oxygen atoms in total. The molecule has 1 aliphatic rings. The second-order valence-corrected chi connectivity index (χ2v) is 6.17. The first-order valence-electron chi connectivity index (χ1n) is 8.46. The predicted octanol–water partition coefficient (Wildman–Crippen LogP) is 2.66. The van der Waals surface area contributed by atoms with Crippen LogP contribution in [-0.4, -0.2) is 49.1 Å². The summed E-state index contributed by atoms with van der Waals surface area (Å²) in [5.41, 5.74) is 0.367. The Kier molecular flexibility index (Phi) is 5.32. The number of carbonyl (C=O) groups is 2. The van der Waals surface area contributed by atoms with Crippen molar-refractivity contribution >= 4 is 17.4 Å². The van der Waals surface area contributed by atoms with Gasteiger partial charge in [0.15, 0.2) is 0 Å². The minimum absolute atomic E-state index is 0.0151. The number of likely N-dealkylation sites (tertiary alicyclic amines) is 1. The summed E-state index contributed by atoms with van der Waals surface area (Å²) in [6.07, 6.45) is 0. The number of aliphatic hydroxyl groups excluding tert-OH is 1. The van der Waals surface area contributed by atoms with Gasteiger partial charge in [0.2, 0.25) is 0 Å². The molecular formula is C20H21NO6. The average Bonchev–Trinajstić information content (AvgIpc) is 3.21. The number of ether oxygens (including phenoxy) is 2. The number of Topliss-reactive ketones (excluding diaryl/α,β-unsaturated/α-hetero) is 1. The molecule has 2 aromatic rings. The van der Waals surface area contributed by atoms with Crippen molar-refractivity contribution in [1.82, 2.24) is 4.90 Å². The fraction of sp³-hybridized carbons (Fsp3) is 0.300. The number of nitrogens with zero attached hydrogens (tertiary/aromatic N) is 1. The van der Waals surface area contributed by atoms with E-state index in [-0.39, 0.29) is 24.5 Å². The Bertz CT molecular complexity index is 897. The molecule has 0 unspecified atom stereocenters. The SMILES string of the molecule is COCCN1C(=O)C(=O)C(=C(O)c2cccc(OC)c2)[C@H]1c1ccc(C)o1. The summed E-state index contributed by atoms with van der Waals surface area (Å²) < 4.78 is 15.9. The highest BCUT2D eigenvalue weighted by Gasteiger charge is 2.47. The van der Waals surface area contributed by atoms with Gasteiger partial charge in [0.05, 0.1) is 19.3 Å². The predicted molar refractivity (Wildman–Crippen MR) is 97.3 cm³/mol. The lowest BCUT2D eigenvalue weighted by Crippen LogP contribution is -2.32. The van der Waals surface area contributed by atoms with Crippen LogP contribution >= 0.6 is 0 Å². The zero-order chi connectivity index (χ0) is 19.6. The second kappa shape index (κ2) is 7.67.